The predicted molar refractivity (Wildman–Crippen MR) is 138 cm³/mol. The van der Waals surface area contributed by atoms with Crippen LogP contribution in [0.3, 0.4) is 0 Å². The third kappa shape index (κ3) is 3.40. The molecule has 0 aliphatic heterocycles. The first-order valence-electron chi connectivity index (χ1n) is 11.1. The number of hydrogen-bond acceptors (Lipinski definition) is 9. The van der Waals surface area contributed by atoms with Gasteiger partial charge in [-0.05, 0) is 48.6 Å². The highest BCUT2D eigenvalue weighted by molar-refractivity contribution is 7.16. The molecule has 36 heavy (non-hydrogen) atoms. The van der Waals surface area contributed by atoms with Crippen LogP contribution in [0.15, 0.2) is 59.1 Å². The minimum Gasteiger partial charge on any atom is -0.508 e. The molecule has 0 amide bonds. The Balaban J connectivity index is 1.61. The number of nitrogens with two attached hydrogens (primary N) is 1. The summed E-state index contributed by atoms with van der Waals surface area (Å²) in [5.41, 5.74) is 9.44. The van der Waals surface area contributed by atoms with Crippen LogP contribution < -0.4 is 11.3 Å². The number of fused-ring (bicyclic) bond motifs is 2. The number of aromatic nitrogens is 7. The van der Waals surface area contributed by atoms with Crippen LogP contribution in [0.1, 0.15) is 17.0 Å². The number of nitrogen functional groups attached to an aromatic ring is 1. The first-order valence-corrected chi connectivity index (χ1v) is 12.0. The Morgan fingerprint density at radius 3 is 2.72 bits per heavy atom. The fourth-order valence-electron chi connectivity index (χ4n) is 4.34. The van der Waals surface area contributed by atoms with E-state index in [9.17, 15) is 9.90 Å². The van der Waals surface area contributed by atoms with Gasteiger partial charge in [-0.2, -0.15) is 5.10 Å². The monoisotopic (exact) mass is 496 g/mol. The van der Waals surface area contributed by atoms with Gasteiger partial charge in [-0.15, -0.1) is 11.3 Å². The Morgan fingerprint density at radius 1 is 1.06 bits per heavy atom. The number of thiophene rings is 1. The van der Waals surface area contributed by atoms with Crippen molar-refractivity contribution in [1.82, 2.24) is 34.3 Å². The van der Waals surface area contributed by atoms with E-state index < -0.39 is 0 Å². The van der Waals surface area contributed by atoms with Crippen molar-refractivity contribution < 1.29 is 5.11 Å². The van der Waals surface area contributed by atoms with E-state index in [2.05, 4.69) is 15.0 Å². The molecule has 0 saturated heterocycles. The Labute approximate surface area is 208 Å². The highest BCUT2D eigenvalue weighted by Crippen LogP contribution is 2.32. The third-order valence-corrected chi connectivity index (χ3v) is 7.01. The van der Waals surface area contributed by atoms with Crippen LogP contribution in [-0.4, -0.2) is 39.4 Å². The van der Waals surface area contributed by atoms with Gasteiger partial charge in [-0.1, -0.05) is 18.2 Å². The van der Waals surface area contributed by atoms with Crippen LogP contribution in [0.4, 0.5) is 5.82 Å². The molecule has 0 radical (unpaired) electrons. The molecule has 0 atom stereocenters. The summed E-state index contributed by atoms with van der Waals surface area (Å²) in [5.74, 6) is 1.33. The lowest BCUT2D eigenvalue weighted by Crippen LogP contribution is -2.26. The second-order valence-corrected chi connectivity index (χ2v) is 9.28. The minimum absolute atomic E-state index is 0.102. The summed E-state index contributed by atoms with van der Waals surface area (Å²) < 4.78 is 3.19. The van der Waals surface area contributed by atoms with Crippen LogP contribution in [0.5, 0.6) is 5.75 Å². The number of pyridine rings is 1. The molecule has 5 heterocycles. The molecule has 6 aromatic rings. The summed E-state index contributed by atoms with van der Waals surface area (Å²) in [6.07, 6.45) is 3.03. The van der Waals surface area contributed by atoms with E-state index in [4.69, 9.17) is 15.8 Å². The topological polar surface area (TPSA) is 138 Å². The summed E-state index contributed by atoms with van der Waals surface area (Å²) in [6.45, 7) is 3.93. The van der Waals surface area contributed by atoms with E-state index in [-0.39, 0.29) is 23.7 Å². The predicted octanol–water partition coefficient (Wildman–Crippen LogP) is 3.60. The van der Waals surface area contributed by atoms with Crippen molar-refractivity contribution in [2.45, 2.75) is 20.4 Å². The molecule has 0 unspecified atom stereocenters. The zero-order valence-electron chi connectivity index (χ0n) is 19.4. The highest BCUT2D eigenvalue weighted by atomic mass is 32.1. The molecule has 0 bridgehead atoms. The maximum atomic E-state index is 13.7. The maximum Gasteiger partial charge on any atom is 0.268 e. The van der Waals surface area contributed by atoms with Gasteiger partial charge in [-0.25, -0.2) is 29.2 Å². The normalized spacial score (nSPS) is 11.5. The molecule has 5 aromatic heterocycles. The van der Waals surface area contributed by atoms with E-state index in [1.807, 2.05) is 37.4 Å². The molecule has 0 saturated carbocycles. The molecule has 1 aromatic carbocycles. The van der Waals surface area contributed by atoms with E-state index in [0.29, 0.717) is 44.1 Å². The van der Waals surface area contributed by atoms with Gasteiger partial charge in [0.15, 0.2) is 5.65 Å². The number of rotatable bonds is 4. The number of hydrogen-bond donors (Lipinski definition) is 2. The van der Waals surface area contributed by atoms with E-state index in [1.54, 1.807) is 33.6 Å². The van der Waals surface area contributed by atoms with Crippen molar-refractivity contribution in [1.29, 1.82) is 0 Å². The standard InChI is InChI=1S/C25H20N8O2S/c1-13-5-4-8-27-22(13)33-17(30-24-18(25(33)35)14(2)11-36-24)10-32-23-19(21(26)28-12-29-23)20(31-32)15-6-3-7-16(34)9-15/h3-9,11-12,34H,10H2,1-2H3,(H2,26,28,29). The lowest BCUT2D eigenvalue weighted by Gasteiger charge is -2.14. The van der Waals surface area contributed by atoms with Gasteiger partial charge in [0, 0.05) is 11.8 Å². The second-order valence-electron chi connectivity index (χ2n) is 8.43. The van der Waals surface area contributed by atoms with Gasteiger partial charge in [-0.3, -0.25) is 4.79 Å². The summed E-state index contributed by atoms with van der Waals surface area (Å²) >= 11 is 1.42. The molecule has 3 N–H and O–H groups in total. The Hall–Kier alpha value is -4.64. The molecule has 178 valence electrons. The lowest BCUT2D eigenvalue weighted by atomic mass is 10.1. The van der Waals surface area contributed by atoms with Crippen LogP contribution in [0.2, 0.25) is 0 Å². The number of nitrogens with zero attached hydrogens (tertiary/aromatic N) is 7. The molecule has 0 fully saturated rings. The fraction of sp³-hybridized carbons (Fsp3) is 0.120. The largest absolute Gasteiger partial charge is 0.508 e. The lowest BCUT2D eigenvalue weighted by molar-refractivity contribution is 0.475. The van der Waals surface area contributed by atoms with Crippen molar-refractivity contribution in [3.63, 3.8) is 0 Å². The molecule has 6 rings (SSSR count). The van der Waals surface area contributed by atoms with Gasteiger partial charge in [0.05, 0.1) is 10.8 Å². The SMILES string of the molecule is Cc1cccnc1-n1c(Cn2nc(-c3cccc(O)c3)c3c(N)ncnc32)nc2scc(C)c2c1=O. The Kier molecular flexibility index (Phi) is 5.00. The van der Waals surface area contributed by atoms with Crippen molar-refractivity contribution in [3.05, 3.63) is 81.6 Å². The van der Waals surface area contributed by atoms with E-state index in [1.165, 1.54) is 17.7 Å². The van der Waals surface area contributed by atoms with Crippen LogP contribution >= 0.6 is 11.3 Å². The Morgan fingerprint density at radius 2 is 1.92 bits per heavy atom. The molecule has 10 nitrogen and oxygen atoms in total. The molecular formula is C25H20N8O2S. The van der Waals surface area contributed by atoms with Crippen LogP contribution in [0, 0.1) is 13.8 Å². The number of phenolic OH excluding ortho intramolecular Hbond substituents is 1. The van der Waals surface area contributed by atoms with Crippen molar-refractivity contribution in [2.75, 3.05) is 5.73 Å². The fourth-order valence-corrected chi connectivity index (χ4v) is 5.27. The van der Waals surface area contributed by atoms with E-state index >= 15 is 0 Å². The van der Waals surface area contributed by atoms with Crippen LogP contribution in [-0.2, 0) is 6.54 Å². The average Bonchev–Trinajstić information content (AvgIpc) is 3.42. The zero-order chi connectivity index (χ0) is 25.0. The third-order valence-electron chi connectivity index (χ3n) is 6.02. The second kappa shape index (κ2) is 8.24. The number of benzene rings is 1. The average molecular weight is 497 g/mol. The minimum atomic E-state index is -0.186. The van der Waals surface area contributed by atoms with Gasteiger partial charge in [0.2, 0.25) is 0 Å². The molecule has 0 aliphatic rings. The summed E-state index contributed by atoms with van der Waals surface area (Å²) in [5, 5.41) is 17.9. The van der Waals surface area contributed by atoms with Crippen LogP contribution in [0.25, 0.3) is 38.3 Å². The van der Waals surface area contributed by atoms with Crippen molar-refractivity contribution >= 4 is 38.4 Å². The molecule has 0 aliphatic carbocycles. The maximum absolute atomic E-state index is 13.7. The summed E-state index contributed by atoms with van der Waals surface area (Å²) in [6, 6.07) is 10.5. The van der Waals surface area contributed by atoms with Gasteiger partial charge < -0.3 is 10.8 Å². The number of anilines is 1. The quantitative estimate of drug-likeness (QED) is 0.378. The van der Waals surface area contributed by atoms with E-state index in [0.717, 1.165) is 11.1 Å². The summed E-state index contributed by atoms with van der Waals surface area (Å²) in [7, 11) is 0. The number of phenols is 1. The molecule has 0 spiro atoms. The first kappa shape index (κ1) is 21.9. The summed E-state index contributed by atoms with van der Waals surface area (Å²) in [4.78, 5) is 32.3. The van der Waals surface area contributed by atoms with Gasteiger partial charge >= 0.3 is 0 Å². The highest BCUT2D eigenvalue weighted by Gasteiger charge is 2.22. The molecular weight excluding hydrogens is 476 g/mol. The smallest absolute Gasteiger partial charge is 0.268 e. The van der Waals surface area contributed by atoms with Crippen molar-refractivity contribution in [2.24, 2.45) is 0 Å². The van der Waals surface area contributed by atoms with Gasteiger partial charge in [0.1, 0.15) is 46.6 Å². The van der Waals surface area contributed by atoms with Crippen molar-refractivity contribution in [3.8, 4) is 22.8 Å². The van der Waals surface area contributed by atoms with Gasteiger partial charge in [0.25, 0.3) is 5.56 Å². The first-order chi connectivity index (χ1) is 17.4. The number of aryl methyl sites for hydroxylation is 2. The Bertz CT molecular complexity index is 1850. The molecule has 11 heteroatoms. The zero-order valence-corrected chi connectivity index (χ0v) is 20.2. The number of aromatic hydroxyl groups is 1.